The van der Waals surface area contributed by atoms with Crippen LogP contribution in [-0.2, 0) is 40.9 Å². The van der Waals surface area contributed by atoms with Crippen molar-refractivity contribution in [3.63, 3.8) is 0 Å². The van der Waals surface area contributed by atoms with Gasteiger partial charge in [-0.15, -0.1) is 0 Å². The summed E-state index contributed by atoms with van der Waals surface area (Å²) in [7, 11) is -1.23. The van der Waals surface area contributed by atoms with Gasteiger partial charge in [0.15, 0.2) is 5.82 Å². The van der Waals surface area contributed by atoms with E-state index in [1.807, 2.05) is 0 Å². The number of alkyl halides is 3. The number of aromatic nitrogens is 4. The Morgan fingerprint density at radius 1 is 0.966 bits per heavy atom. The summed E-state index contributed by atoms with van der Waals surface area (Å²) in [6, 6.07) is 13.2. The van der Waals surface area contributed by atoms with Crippen LogP contribution in [0.5, 0.6) is 5.75 Å². The number of methoxy groups -OCH3 is 1. The number of nitrogens with one attached hydrogen (secondary N) is 1. The standard InChI is InChI=1S/C39H36ClF5N6O6S/c1-38(2,3)57-37(53)47-29(18-22-16-23(41)19-24(42)17-22)34-46-28-9-7-8-26(39(43,44)45)31(28)36(52)51(34)30-15-14-27(40)32-33(30)49(4)48-35(32)50(58(6,54)55)20-21-10-12-25(56-5)13-11-21/h7-17,19,29H,18,20H2,1-6H3,(H,47,53)/t29-/m0/s1. The highest BCUT2D eigenvalue weighted by atomic mass is 35.5. The fourth-order valence-corrected chi connectivity index (χ4v) is 7.57. The second-order valence-corrected chi connectivity index (χ2v) is 16.7. The van der Waals surface area contributed by atoms with Crippen LogP contribution < -0.4 is 19.9 Å². The predicted molar refractivity (Wildman–Crippen MR) is 208 cm³/mol. The zero-order chi connectivity index (χ0) is 42.5. The maximum atomic E-state index is 14.8. The van der Waals surface area contributed by atoms with Crippen LogP contribution in [0.2, 0.25) is 5.02 Å². The average Bonchev–Trinajstić information content (AvgIpc) is 3.45. The molecule has 0 fully saturated rings. The summed E-state index contributed by atoms with van der Waals surface area (Å²) in [5.74, 6) is -1.96. The first-order chi connectivity index (χ1) is 27.0. The molecule has 0 bridgehead atoms. The van der Waals surface area contributed by atoms with Crippen molar-refractivity contribution >= 4 is 55.3 Å². The first-order valence-electron chi connectivity index (χ1n) is 17.4. The molecule has 0 aliphatic rings. The molecule has 0 aliphatic heterocycles. The zero-order valence-corrected chi connectivity index (χ0v) is 33.4. The Hall–Kier alpha value is -5.75. The van der Waals surface area contributed by atoms with E-state index in [1.165, 1.54) is 37.0 Å². The van der Waals surface area contributed by atoms with E-state index >= 15 is 0 Å². The molecule has 4 aromatic carbocycles. The van der Waals surface area contributed by atoms with Gasteiger partial charge in [-0.1, -0.05) is 29.8 Å². The Morgan fingerprint density at radius 3 is 2.21 bits per heavy atom. The summed E-state index contributed by atoms with van der Waals surface area (Å²) < 4.78 is 113. The van der Waals surface area contributed by atoms with Crippen LogP contribution in [0.3, 0.4) is 0 Å². The van der Waals surface area contributed by atoms with Crippen LogP contribution in [0.1, 0.15) is 49.3 Å². The zero-order valence-electron chi connectivity index (χ0n) is 31.8. The Morgan fingerprint density at radius 2 is 1.62 bits per heavy atom. The molecule has 0 aliphatic carbocycles. The smallest absolute Gasteiger partial charge is 0.417 e. The first-order valence-corrected chi connectivity index (χ1v) is 19.6. The van der Waals surface area contributed by atoms with Crippen LogP contribution in [0.4, 0.5) is 32.6 Å². The SMILES string of the molecule is COc1ccc(CN(c2nn(C)c3c(-n4c([C@H](Cc5cc(F)cc(F)c5)NC(=O)OC(C)(C)C)nc5cccc(C(F)(F)F)c5c4=O)ccc(Cl)c23)S(C)(=O)=O)cc1. The van der Waals surface area contributed by atoms with Gasteiger partial charge in [0.2, 0.25) is 10.0 Å². The normalized spacial score (nSPS) is 12.8. The van der Waals surface area contributed by atoms with Gasteiger partial charge in [-0.05, 0) is 80.4 Å². The molecule has 2 aromatic heterocycles. The van der Waals surface area contributed by atoms with E-state index in [0.29, 0.717) is 23.4 Å². The summed E-state index contributed by atoms with van der Waals surface area (Å²) in [5.41, 5.74) is -3.72. The average molecular weight is 847 g/mol. The van der Waals surface area contributed by atoms with Gasteiger partial charge in [0.25, 0.3) is 5.56 Å². The third-order valence-electron chi connectivity index (χ3n) is 8.85. The van der Waals surface area contributed by atoms with Gasteiger partial charge >= 0.3 is 12.3 Å². The van der Waals surface area contributed by atoms with Crippen LogP contribution in [-0.4, -0.2) is 52.8 Å². The summed E-state index contributed by atoms with van der Waals surface area (Å²) >= 11 is 6.77. The molecule has 1 amide bonds. The molecular weight excluding hydrogens is 811 g/mol. The maximum absolute atomic E-state index is 14.8. The lowest BCUT2D eigenvalue weighted by molar-refractivity contribution is -0.136. The van der Waals surface area contributed by atoms with Crippen molar-refractivity contribution in [3.8, 4) is 11.4 Å². The van der Waals surface area contributed by atoms with E-state index in [0.717, 1.165) is 33.3 Å². The van der Waals surface area contributed by atoms with Crippen molar-refractivity contribution in [2.24, 2.45) is 7.05 Å². The van der Waals surface area contributed by atoms with Crippen LogP contribution in [0, 0.1) is 11.6 Å². The fraction of sp³-hybridized carbons (Fsp3) is 0.282. The van der Waals surface area contributed by atoms with Gasteiger partial charge in [0, 0.05) is 19.5 Å². The molecule has 306 valence electrons. The number of hydrogen-bond acceptors (Lipinski definition) is 8. The summed E-state index contributed by atoms with van der Waals surface area (Å²) in [6.07, 6.45) is -5.57. The molecule has 1 N–H and O–H groups in total. The number of carbonyl (C=O) groups is 1. The Bertz CT molecular complexity index is 2710. The highest BCUT2D eigenvalue weighted by molar-refractivity contribution is 7.92. The molecule has 19 heteroatoms. The van der Waals surface area contributed by atoms with Crippen molar-refractivity contribution in [2.45, 2.75) is 51.6 Å². The number of nitrogens with zero attached hydrogens (tertiary/aromatic N) is 5. The fourth-order valence-electron chi connectivity index (χ4n) is 6.51. The number of hydrogen-bond donors (Lipinski definition) is 1. The van der Waals surface area contributed by atoms with E-state index in [1.54, 1.807) is 45.0 Å². The number of anilines is 1. The number of amides is 1. The molecule has 0 saturated heterocycles. The molecule has 1 atom stereocenters. The predicted octanol–water partition coefficient (Wildman–Crippen LogP) is 8.01. The number of halogens is 6. The number of benzene rings is 4. The van der Waals surface area contributed by atoms with Gasteiger partial charge in [0.05, 0.1) is 64.0 Å². The number of ether oxygens (including phenoxy) is 2. The molecule has 58 heavy (non-hydrogen) atoms. The summed E-state index contributed by atoms with van der Waals surface area (Å²) in [6.45, 7) is 4.49. The van der Waals surface area contributed by atoms with Crippen molar-refractivity contribution in [1.82, 2.24) is 24.6 Å². The highest BCUT2D eigenvalue weighted by Crippen LogP contribution is 2.39. The third kappa shape index (κ3) is 8.72. The van der Waals surface area contributed by atoms with Crippen LogP contribution in [0.15, 0.2) is 77.6 Å². The number of rotatable bonds is 10. The van der Waals surface area contributed by atoms with Crippen molar-refractivity contribution in [3.05, 3.63) is 122 Å². The number of alkyl carbamates (subject to hydrolysis) is 1. The second kappa shape index (κ2) is 15.5. The number of carbonyl (C=O) groups excluding carboxylic acids is 1. The van der Waals surface area contributed by atoms with E-state index < -0.39 is 74.0 Å². The molecule has 2 heterocycles. The second-order valence-electron chi connectivity index (χ2n) is 14.3. The summed E-state index contributed by atoms with van der Waals surface area (Å²) in [4.78, 5) is 32.7. The maximum Gasteiger partial charge on any atom is 0.417 e. The van der Waals surface area contributed by atoms with Gasteiger partial charge in [-0.2, -0.15) is 18.3 Å². The Balaban J connectivity index is 1.68. The molecule has 0 radical (unpaired) electrons. The van der Waals surface area contributed by atoms with Gasteiger partial charge in [-0.25, -0.2) is 31.3 Å². The summed E-state index contributed by atoms with van der Waals surface area (Å²) in [5, 5.41) is 6.19. The molecule has 6 aromatic rings. The minimum atomic E-state index is -5.03. The minimum Gasteiger partial charge on any atom is -0.497 e. The topological polar surface area (TPSA) is 138 Å². The lowest BCUT2D eigenvalue weighted by atomic mass is 10.0. The van der Waals surface area contributed by atoms with Crippen molar-refractivity contribution < 1.29 is 44.6 Å². The third-order valence-corrected chi connectivity index (χ3v) is 10.3. The van der Waals surface area contributed by atoms with Gasteiger partial charge in [0.1, 0.15) is 28.8 Å². The van der Waals surface area contributed by atoms with Crippen LogP contribution >= 0.6 is 11.6 Å². The molecule has 12 nitrogen and oxygen atoms in total. The molecule has 6 rings (SSSR count). The van der Waals surface area contributed by atoms with Crippen molar-refractivity contribution in [1.29, 1.82) is 0 Å². The van der Waals surface area contributed by atoms with Gasteiger partial charge in [-0.3, -0.25) is 14.0 Å². The lowest BCUT2D eigenvalue weighted by Gasteiger charge is -2.26. The van der Waals surface area contributed by atoms with Crippen molar-refractivity contribution in [2.75, 3.05) is 17.7 Å². The molecule has 0 unspecified atom stereocenters. The van der Waals surface area contributed by atoms with E-state index in [-0.39, 0.29) is 45.4 Å². The van der Waals surface area contributed by atoms with E-state index in [4.69, 9.17) is 21.1 Å². The Kier molecular flexibility index (Phi) is 11.2. The highest BCUT2D eigenvalue weighted by Gasteiger charge is 2.36. The Labute approximate surface area is 333 Å². The van der Waals surface area contributed by atoms with Gasteiger partial charge < -0.3 is 14.8 Å². The lowest BCUT2D eigenvalue weighted by Crippen LogP contribution is -2.39. The van der Waals surface area contributed by atoms with E-state index in [9.17, 15) is 40.0 Å². The largest absolute Gasteiger partial charge is 0.497 e. The quantitative estimate of drug-likeness (QED) is 0.137. The van der Waals surface area contributed by atoms with Crippen LogP contribution in [0.25, 0.3) is 27.5 Å². The minimum absolute atomic E-state index is 0.00786. The molecule has 0 saturated carbocycles. The number of sulfonamides is 1. The first kappa shape index (κ1) is 41.9. The van der Waals surface area contributed by atoms with E-state index in [2.05, 4.69) is 15.4 Å². The molecular formula is C39H36ClF5N6O6S. The molecule has 0 spiro atoms. The number of fused-ring (bicyclic) bond motifs is 2. The monoisotopic (exact) mass is 846 g/mol. The number of aryl methyl sites for hydroxylation is 1.